The standard InChI is InChI=1S/C21H30N4O2/c1-3-22-21(26)25(18-7-5-4-6-8-18)16-20-23-13-14-24(20)15-17-9-11-19(27-2)12-10-17/h9-14,18H,3-8,15-16H2,1-2H3,(H,22,26). The molecule has 2 aromatic rings. The Morgan fingerprint density at radius 2 is 2.00 bits per heavy atom. The van der Waals surface area contributed by atoms with E-state index in [4.69, 9.17) is 4.74 Å². The molecule has 2 amide bonds. The molecule has 1 N–H and O–H groups in total. The lowest BCUT2D eigenvalue weighted by Crippen LogP contribution is -2.46. The summed E-state index contributed by atoms with van der Waals surface area (Å²) in [5.74, 6) is 1.77. The van der Waals surface area contributed by atoms with Crippen molar-refractivity contribution in [3.05, 3.63) is 48.0 Å². The lowest BCUT2D eigenvalue weighted by molar-refractivity contribution is 0.148. The number of carbonyl (C=O) groups is 1. The molecule has 0 saturated heterocycles. The number of amides is 2. The molecule has 1 aromatic carbocycles. The molecule has 0 radical (unpaired) electrons. The first-order chi connectivity index (χ1) is 13.2. The van der Waals surface area contributed by atoms with E-state index in [0.29, 0.717) is 19.1 Å². The number of ether oxygens (including phenoxy) is 1. The highest BCUT2D eigenvalue weighted by Gasteiger charge is 2.26. The second-order valence-corrected chi connectivity index (χ2v) is 7.07. The summed E-state index contributed by atoms with van der Waals surface area (Å²) < 4.78 is 7.35. The highest BCUT2D eigenvalue weighted by atomic mass is 16.5. The zero-order valence-electron chi connectivity index (χ0n) is 16.4. The fourth-order valence-electron chi connectivity index (χ4n) is 3.73. The second-order valence-electron chi connectivity index (χ2n) is 7.07. The summed E-state index contributed by atoms with van der Waals surface area (Å²) in [6.07, 6.45) is 9.62. The first kappa shape index (κ1) is 19.3. The van der Waals surface area contributed by atoms with E-state index in [9.17, 15) is 4.79 Å². The van der Waals surface area contributed by atoms with Gasteiger partial charge in [-0.1, -0.05) is 31.4 Å². The maximum atomic E-state index is 12.7. The number of carbonyl (C=O) groups excluding carboxylic acids is 1. The largest absolute Gasteiger partial charge is 0.497 e. The normalized spacial score (nSPS) is 14.7. The molecule has 3 rings (SSSR count). The van der Waals surface area contributed by atoms with E-state index in [1.54, 1.807) is 7.11 Å². The summed E-state index contributed by atoms with van der Waals surface area (Å²) in [7, 11) is 1.67. The van der Waals surface area contributed by atoms with Gasteiger partial charge in [-0.05, 0) is 37.5 Å². The average molecular weight is 370 g/mol. The minimum atomic E-state index is 0.0170. The maximum Gasteiger partial charge on any atom is 0.318 e. The van der Waals surface area contributed by atoms with Crippen LogP contribution in [0.5, 0.6) is 5.75 Å². The fourth-order valence-corrected chi connectivity index (χ4v) is 3.73. The van der Waals surface area contributed by atoms with Crippen molar-refractivity contribution < 1.29 is 9.53 Å². The zero-order chi connectivity index (χ0) is 19.1. The van der Waals surface area contributed by atoms with Crippen LogP contribution in [0.25, 0.3) is 0 Å². The number of hydrogen-bond acceptors (Lipinski definition) is 3. The van der Waals surface area contributed by atoms with Gasteiger partial charge in [-0.15, -0.1) is 0 Å². The van der Waals surface area contributed by atoms with Gasteiger partial charge in [0.25, 0.3) is 0 Å². The quantitative estimate of drug-likeness (QED) is 0.806. The Bertz CT molecular complexity index is 720. The third-order valence-corrected chi connectivity index (χ3v) is 5.23. The number of benzene rings is 1. The van der Waals surface area contributed by atoms with Gasteiger partial charge in [-0.2, -0.15) is 0 Å². The van der Waals surface area contributed by atoms with Crippen molar-refractivity contribution in [1.29, 1.82) is 0 Å². The molecule has 1 aromatic heterocycles. The van der Waals surface area contributed by atoms with E-state index in [1.807, 2.05) is 36.4 Å². The second kappa shape index (κ2) is 9.44. The summed E-state index contributed by atoms with van der Waals surface area (Å²) in [4.78, 5) is 19.2. The van der Waals surface area contributed by atoms with Crippen molar-refractivity contribution in [2.75, 3.05) is 13.7 Å². The number of aromatic nitrogens is 2. The van der Waals surface area contributed by atoms with Gasteiger partial charge in [0.15, 0.2) is 0 Å². The minimum absolute atomic E-state index is 0.0170. The van der Waals surface area contributed by atoms with Crippen LogP contribution in [0.4, 0.5) is 4.79 Å². The molecule has 0 atom stereocenters. The molecule has 1 aliphatic rings. The highest BCUT2D eigenvalue weighted by molar-refractivity contribution is 5.74. The molecule has 146 valence electrons. The van der Waals surface area contributed by atoms with E-state index in [1.165, 1.54) is 24.8 Å². The Labute approximate surface area is 161 Å². The Hall–Kier alpha value is -2.50. The van der Waals surface area contributed by atoms with Crippen molar-refractivity contribution in [3.63, 3.8) is 0 Å². The molecule has 0 spiro atoms. The summed E-state index contributed by atoms with van der Waals surface area (Å²) in [5, 5.41) is 2.97. The fraction of sp³-hybridized carbons (Fsp3) is 0.524. The number of hydrogen-bond donors (Lipinski definition) is 1. The predicted molar refractivity (Wildman–Crippen MR) is 106 cm³/mol. The monoisotopic (exact) mass is 370 g/mol. The number of rotatable bonds is 7. The Kier molecular flexibility index (Phi) is 6.74. The molecular weight excluding hydrogens is 340 g/mol. The van der Waals surface area contributed by atoms with Crippen LogP contribution >= 0.6 is 0 Å². The van der Waals surface area contributed by atoms with E-state index in [2.05, 4.69) is 27.0 Å². The Balaban J connectivity index is 1.73. The van der Waals surface area contributed by atoms with Gasteiger partial charge >= 0.3 is 6.03 Å². The summed E-state index contributed by atoms with van der Waals surface area (Å²) in [5.41, 5.74) is 1.18. The lowest BCUT2D eigenvalue weighted by Gasteiger charge is -2.34. The molecule has 1 fully saturated rings. The molecule has 1 heterocycles. The Morgan fingerprint density at radius 3 is 2.67 bits per heavy atom. The molecule has 6 nitrogen and oxygen atoms in total. The molecule has 0 aliphatic heterocycles. The third-order valence-electron chi connectivity index (χ3n) is 5.23. The zero-order valence-corrected chi connectivity index (χ0v) is 16.4. The van der Waals surface area contributed by atoms with Gasteiger partial charge in [-0.3, -0.25) is 0 Å². The number of methoxy groups -OCH3 is 1. The van der Waals surface area contributed by atoms with Crippen LogP contribution in [0.1, 0.15) is 50.4 Å². The van der Waals surface area contributed by atoms with E-state index in [0.717, 1.165) is 31.0 Å². The van der Waals surface area contributed by atoms with Gasteiger partial charge in [0, 0.05) is 31.5 Å². The highest BCUT2D eigenvalue weighted by Crippen LogP contribution is 2.24. The Morgan fingerprint density at radius 1 is 1.26 bits per heavy atom. The van der Waals surface area contributed by atoms with Crippen molar-refractivity contribution in [2.45, 2.75) is 58.2 Å². The van der Waals surface area contributed by atoms with Crippen molar-refractivity contribution in [2.24, 2.45) is 0 Å². The molecular formula is C21H30N4O2. The number of nitrogens with one attached hydrogen (secondary N) is 1. The SMILES string of the molecule is CCNC(=O)N(Cc1nccn1Cc1ccc(OC)cc1)C1CCCCC1. The van der Waals surface area contributed by atoms with Crippen LogP contribution in [0.2, 0.25) is 0 Å². The van der Waals surface area contributed by atoms with Crippen molar-refractivity contribution in [1.82, 2.24) is 19.8 Å². The maximum absolute atomic E-state index is 12.7. The van der Waals surface area contributed by atoms with Gasteiger partial charge in [0.05, 0.1) is 13.7 Å². The van der Waals surface area contributed by atoms with E-state index >= 15 is 0 Å². The number of imidazole rings is 1. The van der Waals surface area contributed by atoms with Crippen LogP contribution < -0.4 is 10.1 Å². The first-order valence-electron chi connectivity index (χ1n) is 9.88. The molecule has 1 aliphatic carbocycles. The molecule has 27 heavy (non-hydrogen) atoms. The molecule has 1 saturated carbocycles. The molecule has 6 heteroatoms. The summed E-state index contributed by atoms with van der Waals surface area (Å²) >= 11 is 0. The smallest absolute Gasteiger partial charge is 0.318 e. The van der Waals surface area contributed by atoms with Crippen LogP contribution in [0, 0.1) is 0 Å². The number of urea groups is 1. The lowest BCUT2D eigenvalue weighted by atomic mass is 9.94. The molecule has 0 bridgehead atoms. The molecule has 0 unspecified atom stereocenters. The topological polar surface area (TPSA) is 59.4 Å². The van der Waals surface area contributed by atoms with Crippen LogP contribution in [0.3, 0.4) is 0 Å². The summed E-state index contributed by atoms with van der Waals surface area (Å²) in [6.45, 7) is 3.87. The van der Waals surface area contributed by atoms with Crippen LogP contribution in [0.15, 0.2) is 36.7 Å². The van der Waals surface area contributed by atoms with Gasteiger partial charge in [0.1, 0.15) is 11.6 Å². The minimum Gasteiger partial charge on any atom is -0.497 e. The van der Waals surface area contributed by atoms with Crippen molar-refractivity contribution >= 4 is 6.03 Å². The predicted octanol–water partition coefficient (Wildman–Crippen LogP) is 3.80. The average Bonchev–Trinajstić information content (AvgIpc) is 3.14. The van der Waals surface area contributed by atoms with Crippen LogP contribution in [-0.4, -0.2) is 40.2 Å². The summed E-state index contributed by atoms with van der Waals surface area (Å²) in [6, 6.07) is 8.38. The van der Waals surface area contributed by atoms with Gasteiger partial charge < -0.3 is 19.5 Å². The first-order valence-corrected chi connectivity index (χ1v) is 9.88. The van der Waals surface area contributed by atoms with E-state index in [-0.39, 0.29) is 6.03 Å². The van der Waals surface area contributed by atoms with Gasteiger partial charge in [0.2, 0.25) is 0 Å². The van der Waals surface area contributed by atoms with Crippen molar-refractivity contribution in [3.8, 4) is 5.75 Å². The van der Waals surface area contributed by atoms with E-state index < -0.39 is 0 Å². The number of nitrogens with zero attached hydrogens (tertiary/aromatic N) is 3. The van der Waals surface area contributed by atoms with Crippen LogP contribution in [-0.2, 0) is 13.1 Å². The van der Waals surface area contributed by atoms with Gasteiger partial charge in [-0.25, -0.2) is 9.78 Å². The third kappa shape index (κ3) is 5.02.